The highest BCUT2D eigenvalue weighted by molar-refractivity contribution is 7.90. The molecule has 0 aliphatic carbocycles. The van der Waals surface area contributed by atoms with Gasteiger partial charge in [0, 0.05) is 117 Å². The van der Waals surface area contributed by atoms with Gasteiger partial charge in [-0.2, -0.15) is 0 Å². The van der Waals surface area contributed by atoms with Crippen molar-refractivity contribution >= 4 is 74.7 Å². The maximum Gasteiger partial charge on any atom is 0.312 e. The number of urea groups is 1. The summed E-state index contributed by atoms with van der Waals surface area (Å²) in [5.74, 6) is 1.51. The van der Waals surface area contributed by atoms with Gasteiger partial charge in [0.25, 0.3) is 0 Å². The van der Waals surface area contributed by atoms with Crippen LogP contribution in [0.4, 0.5) is 10.5 Å². The molecule has 2 aliphatic heterocycles. The largest absolute Gasteiger partial charge is 0.379 e. The van der Waals surface area contributed by atoms with Crippen LogP contribution < -0.4 is 48.3 Å². The lowest BCUT2D eigenvalue weighted by atomic mass is 9.89. The molecule has 2 aromatic carbocycles. The maximum atomic E-state index is 14.7. The smallest absolute Gasteiger partial charge is 0.312 e. The van der Waals surface area contributed by atoms with Gasteiger partial charge in [0.1, 0.15) is 24.2 Å². The summed E-state index contributed by atoms with van der Waals surface area (Å²) in [6.07, 6.45) is 8.51. The second-order valence-corrected chi connectivity index (χ2v) is 33.1. The van der Waals surface area contributed by atoms with Gasteiger partial charge in [-0.3, -0.25) is 48.1 Å². The lowest BCUT2D eigenvalue weighted by Crippen LogP contribution is -2.59. The number of hydrogen-bond donors (Lipinski definition) is 9. The third-order valence-corrected chi connectivity index (χ3v) is 22.0. The van der Waals surface area contributed by atoms with E-state index < -0.39 is 99.9 Å². The van der Waals surface area contributed by atoms with E-state index in [0.717, 1.165) is 48.8 Å². The van der Waals surface area contributed by atoms with Crippen LogP contribution in [0.25, 0.3) is 0 Å². The Hall–Kier alpha value is -8.63. The van der Waals surface area contributed by atoms with Gasteiger partial charge in [0.05, 0.1) is 74.9 Å². The first-order valence-corrected chi connectivity index (χ1v) is 40.7. The minimum Gasteiger partial charge on any atom is -0.379 e. The van der Waals surface area contributed by atoms with Gasteiger partial charge in [-0.1, -0.05) is 123 Å². The van der Waals surface area contributed by atoms with Gasteiger partial charge >= 0.3 is 6.03 Å². The molecule has 1 aromatic heterocycles. The van der Waals surface area contributed by atoms with Crippen molar-refractivity contribution in [1.82, 2.24) is 61.9 Å². The van der Waals surface area contributed by atoms with E-state index in [1.807, 2.05) is 90.9 Å². The molecule has 2 aliphatic rings. The number of likely N-dealkylation sites (N-methyl/N-ethyl adjacent to an activating group) is 2. The summed E-state index contributed by atoms with van der Waals surface area (Å²) in [5.41, 5.74) is 7.65. The van der Waals surface area contributed by atoms with Crippen molar-refractivity contribution in [2.75, 3.05) is 93.3 Å². The summed E-state index contributed by atoms with van der Waals surface area (Å²) < 4.78 is 36.2. The highest BCUT2D eigenvalue weighted by Gasteiger charge is 2.44. The van der Waals surface area contributed by atoms with E-state index in [1.165, 1.54) is 26.6 Å². The average Bonchev–Trinajstić information content (AvgIpc) is 1.47. The number of ether oxygens (including phenoxy) is 2. The summed E-state index contributed by atoms with van der Waals surface area (Å²) in [7, 11) is 7.07. The molecule has 610 valence electrons. The van der Waals surface area contributed by atoms with Crippen molar-refractivity contribution in [3.8, 4) is 11.8 Å². The second kappa shape index (κ2) is 45.0. The number of methoxy groups -OCH3 is 2. The van der Waals surface area contributed by atoms with Crippen molar-refractivity contribution in [3.05, 3.63) is 83.7 Å². The third-order valence-electron chi connectivity index (χ3n) is 21.2. The van der Waals surface area contributed by atoms with Crippen LogP contribution in [0, 0.1) is 47.3 Å². The quantitative estimate of drug-likeness (QED) is 0.0158. The summed E-state index contributed by atoms with van der Waals surface area (Å²) in [6, 6.07) is 9.82. The minimum absolute atomic E-state index is 0.00882. The molecule has 3 heterocycles. The molecule has 2 fully saturated rings. The van der Waals surface area contributed by atoms with E-state index in [-0.39, 0.29) is 104 Å². The van der Waals surface area contributed by atoms with E-state index in [9.17, 15) is 56.4 Å². The SMILES string of the molecule is CC[C@H](C)[C@@H]([C@@H](CC(=O)N1CCC[C@H]1[C@H](OC)[C@@H](C)C(=O)N[C@@H](Cc1ccccc1)C(=O)NCc1ccc(NC(=O)[C@H](CCCNC(N)=O)NC(=O)[C@@H](NC(=O)CCC[N+]2(C)CCC(CNC(=O)CCCC#Cc3cnc(S(C)(=O)=O)nc3)CC2)C(C)C)cc1)OC)N(C)C(=O)[C@@H](NC(=O)[C@H](C(C)C)N(C)C)C(C)C. The van der Waals surface area contributed by atoms with Crippen LogP contribution >= 0.6 is 0 Å². The average molecular weight is 1550 g/mol. The number of benzene rings is 2. The Morgan fingerprint density at radius 2 is 1.34 bits per heavy atom. The number of quaternary nitrogens is 1. The number of rotatable bonds is 43. The molecular weight excluding hydrogens is 1430 g/mol. The first-order valence-electron chi connectivity index (χ1n) is 38.9. The van der Waals surface area contributed by atoms with Gasteiger partial charge < -0.3 is 72.0 Å². The number of nitrogens with one attached hydrogen (secondary N) is 8. The van der Waals surface area contributed by atoms with Gasteiger partial charge in [0.15, 0.2) is 0 Å². The molecular formula is C80H126N15O14S+. The molecule has 5 rings (SSSR count). The Labute approximate surface area is 652 Å². The fourth-order valence-electron chi connectivity index (χ4n) is 14.6. The van der Waals surface area contributed by atoms with Crippen LogP contribution in [-0.2, 0) is 75.4 Å². The fourth-order valence-corrected chi connectivity index (χ4v) is 15.1. The number of hydrogen-bond acceptors (Lipinski definition) is 17. The zero-order chi connectivity index (χ0) is 81.6. The van der Waals surface area contributed by atoms with Crippen LogP contribution in [0.15, 0.2) is 72.1 Å². The van der Waals surface area contributed by atoms with Crippen molar-refractivity contribution in [2.24, 2.45) is 41.2 Å². The normalized spacial score (nSPS) is 18.5. The third kappa shape index (κ3) is 29.2. The molecule has 3 aromatic rings. The number of likely N-dealkylation sites (tertiary alicyclic amines) is 2. The molecule has 0 bridgehead atoms. The Morgan fingerprint density at radius 3 is 1.92 bits per heavy atom. The van der Waals surface area contributed by atoms with E-state index in [1.54, 1.807) is 61.9 Å². The van der Waals surface area contributed by atoms with Gasteiger partial charge in [-0.05, 0) is 99.0 Å². The fraction of sp³-hybridized carbons (Fsp3) is 0.650. The van der Waals surface area contributed by atoms with Crippen LogP contribution in [0.3, 0.4) is 0 Å². The Balaban J connectivity index is 1.15. The summed E-state index contributed by atoms with van der Waals surface area (Å²) >= 11 is 0. The molecule has 11 amide bonds. The standard InChI is InChI=1S/C80H125N15O14S/c1-17-54(8)71(93(12)78(104)69(52(4)5)91-77(103)70(53(6)7)92(10)11)64(108-14)46-67(98)94-41-25-31-63(94)72(109-15)55(9)73(99)89-62(45-56-27-20-18-21-28-56)74(100)84-48-57-34-36-60(37-35-57)87-75(101)61(30-24-40-82-79(81)105)88-76(102)68(51(2)3)90-66(97)33-26-42-95(13)43-38-58(39-44-95)47-83-65(96)32-23-19-22-29-59-49-85-80(86-50-59)110(16,106)107/h18,20-21,27-28,34-37,49-55,58,61-64,68-72H,17,19,23-26,30-33,38-48H2,1-16H3,(H9-,81,82,83,84,87,88,89,90,91,96,97,99,100,101,102,103,105)/p+1/t54-,55+,58?,61-,62-,63-,64+,68-,69-,70-,71-,72+,95?/m0/s1. The monoisotopic (exact) mass is 1550 g/mol. The van der Waals surface area contributed by atoms with E-state index in [4.69, 9.17) is 15.2 Å². The molecule has 0 spiro atoms. The molecule has 0 saturated carbocycles. The first-order chi connectivity index (χ1) is 52.0. The summed E-state index contributed by atoms with van der Waals surface area (Å²) in [4.78, 5) is 151. The topological polar surface area (TPSA) is 381 Å². The zero-order valence-electron chi connectivity index (χ0n) is 67.7. The highest BCUT2D eigenvalue weighted by Crippen LogP contribution is 2.31. The Morgan fingerprint density at radius 1 is 0.700 bits per heavy atom. The van der Waals surface area contributed by atoms with Crippen molar-refractivity contribution in [2.45, 2.75) is 218 Å². The van der Waals surface area contributed by atoms with Crippen LogP contribution in [0.5, 0.6) is 0 Å². The predicted octanol–water partition coefficient (Wildman–Crippen LogP) is 4.86. The molecule has 0 unspecified atom stereocenters. The molecule has 110 heavy (non-hydrogen) atoms. The van der Waals surface area contributed by atoms with Gasteiger partial charge in [0.2, 0.25) is 68.2 Å². The molecule has 10 N–H and O–H groups in total. The number of sulfone groups is 1. The van der Waals surface area contributed by atoms with E-state index in [2.05, 4.69) is 71.4 Å². The van der Waals surface area contributed by atoms with E-state index >= 15 is 0 Å². The van der Waals surface area contributed by atoms with Crippen molar-refractivity contribution in [1.29, 1.82) is 0 Å². The zero-order valence-corrected chi connectivity index (χ0v) is 68.6. The summed E-state index contributed by atoms with van der Waals surface area (Å²) in [6.45, 7) is 20.7. The maximum absolute atomic E-state index is 14.7. The predicted molar refractivity (Wildman–Crippen MR) is 421 cm³/mol. The lowest BCUT2D eigenvalue weighted by molar-refractivity contribution is -0.915. The lowest BCUT2D eigenvalue weighted by Gasteiger charge is -2.41. The number of piperidine rings is 1. The van der Waals surface area contributed by atoms with Crippen LogP contribution in [-0.4, -0.2) is 239 Å². The Bertz CT molecular complexity index is 3670. The minimum atomic E-state index is -3.50. The van der Waals surface area contributed by atoms with Crippen LogP contribution in [0.2, 0.25) is 0 Å². The number of primary amides is 1. The van der Waals surface area contributed by atoms with Crippen LogP contribution in [0.1, 0.15) is 162 Å². The highest BCUT2D eigenvalue weighted by atomic mass is 32.2. The van der Waals surface area contributed by atoms with Crippen molar-refractivity contribution < 1.29 is 70.3 Å². The van der Waals surface area contributed by atoms with Crippen molar-refractivity contribution in [3.63, 3.8) is 0 Å². The molecule has 2 saturated heterocycles. The number of nitrogens with zero attached hydrogens (tertiary/aromatic N) is 6. The number of amides is 11. The van der Waals surface area contributed by atoms with Gasteiger partial charge in [-0.25, -0.2) is 23.2 Å². The number of nitrogens with two attached hydrogens (primary N) is 1. The number of unbranched alkanes of at least 4 members (excludes halogenated alkanes) is 1. The molecule has 29 nitrogen and oxygen atoms in total. The molecule has 0 radical (unpaired) electrons. The second-order valence-electron chi connectivity index (χ2n) is 31.2. The molecule has 11 atom stereocenters. The number of carbonyl (C=O) groups is 10. The number of aromatic nitrogens is 2. The number of anilines is 1. The van der Waals surface area contributed by atoms with Gasteiger partial charge in [-0.15, -0.1) is 0 Å². The number of carbonyl (C=O) groups excluding carboxylic acids is 10. The molecule has 30 heteroatoms. The summed E-state index contributed by atoms with van der Waals surface area (Å²) in [5, 5.41) is 22.9. The first kappa shape index (κ1) is 92.0. The van der Waals surface area contributed by atoms with E-state index in [0.29, 0.717) is 80.8 Å². The Kier molecular flexibility index (Phi) is 37.6.